The van der Waals surface area contributed by atoms with Crippen molar-refractivity contribution >= 4 is 5.91 Å². The van der Waals surface area contributed by atoms with Crippen LogP contribution in [0.5, 0.6) is 5.75 Å². The number of carbonyl (C=O) groups is 1. The van der Waals surface area contributed by atoms with Crippen molar-refractivity contribution in [3.8, 4) is 5.75 Å². The van der Waals surface area contributed by atoms with Crippen molar-refractivity contribution in [2.24, 2.45) is 0 Å². The lowest BCUT2D eigenvalue weighted by atomic mass is 9.96. The maximum Gasteiger partial charge on any atom is 0.254 e. The number of piperidine rings is 1. The molecular formula is C16H23NO3. The van der Waals surface area contributed by atoms with Gasteiger partial charge in [0.05, 0.1) is 19.3 Å². The molecule has 2 unspecified atom stereocenters. The molecule has 0 aliphatic carbocycles. The highest BCUT2D eigenvalue weighted by atomic mass is 16.5. The highest BCUT2D eigenvalue weighted by molar-refractivity contribution is 5.96. The summed E-state index contributed by atoms with van der Waals surface area (Å²) in [6, 6.07) is 5.41. The summed E-state index contributed by atoms with van der Waals surface area (Å²) in [5.74, 6) is 0.764. The smallest absolute Gasteiger partial charge is 0.254 e. The quantitative estimate of drug-likeness (QED) is 0.923. The number of amides is 1. The predicted octanol–water partition coefficient (Wildman–Crippen LogP) is 2.38. The Labute approximate surface area is 120 Å². The molecular weight excluding hydrogens is 254 g/mol. The van der Waals surface area contributed by atoms with Crippen molar-refractivity contribution < 1.29 is 14.6 Å². The molecule has 4 nitrogen and oxygen atoms in total. The van der Waals surface area contributed by atoms with Crippen molar-refractivity contribution in [3.05, 3.63) is 29.3 Å². The fraction of sp³-hybridized carbons (Fsp3) is 0.562. The zero-order valence-electron chi connectivity index (χ0n) is 12.4. The van der Waals surface area contributed by atoms with Gasteiger partial charge in [-0.15, -0.1) is 0 Å². The van der Waals surface area contributed by atoms with E-state index < -0.39 is 6.10 Å². The highest BCUT2D eigenvalue weighted by Crippen LogP contribution is 2.24. The number of hydrogen-bond acceptors (Lipinski definition) is 3. The van der Waals surface area contributed by atoms with E-state index in [-0.39, 0.29) is 11.9 Å². The van der Waals surface area contributed by atoms with E-state index in [0.717, 1.165) is 37.1 Å². The molecule has 1 aromatic rings. The van der Waals surface area contributed by atoms with E-state index in [1.54, 1.807) is 14.0 Å². The first kappa shape index (κ1) is 14.9. The average Bonchev–Trinajstić information content (AvgIpc) is 2.46. The molecule has 1 aliphatic rings. The van der Waals surface area contributed by atoms with Gasteiger partial charge in [-0.05, 0) is 56.9 Å². The van der Waals surface area contributed by atoms with Crippen LogP contribution in [0.1, 0.15) is 42.1 Å². The third-order valence-electron chi connectivity index (χ3n) is 4.03. The van der Waals surface area contributed by atoms with Gasteiger partial charge >= 0.3 is 0 Å². The maximum absolute atomic E-state index is 12.7. The lowest BCUT2D eigenvalue weighted by Gasteiger charge is -2.37. The summed E-state index contributed by atoms with van der Waals surface area (Å²) < 4.78 is 5.17. The lowest BCUT2D eigenvalue weighted by Crippen LogP contribution is -2.49. The zero-order chi connectivity index (χ0) is 14.7. The van der Waals surface area contributed by atoms with Crippen molar-refractivity contribution in [3.63, 3.8) is 0 Å². The molecule has 0 spiro atoms. The third kappa shape index (κ3) is 2.96. The Morgan fingerprint density at radius 1 is 1.45 bits per heavy atom. The van der Waals surface area contributed by atoms with E-state index >= 15 is 0 Å². The number of aryl methyl sites for hydroxylation is 1. The molecule has 1 N–H and O–H groups in total. The molecule has 1 aromatic carbocycles. The molecule has 20 heavy (non-hydrogen) atoms. The van der Waals surface area contributed by atoms with E-state index in [4.69, 9.17) is 4.74 Å². The number of benzene rings is 1. The largest absolute Gasteiger partial charge is 0.497 e. The third-order valence-corrected chi connectivity index (χ3v) is 4.03. The van der Waals surface area contributed by atoms with Crippen molar-refractivity contribution in [1.29, 1.82) is 0 Å². The summed E-state index contributed by atoms with van der Waals surface area (Å²) in [5.41, 5.74) is 1.60. The summed E-state index contributed by atoms with van der Waals surface area (Å²) in [7, 11) is 1.62. The molecule has 110 valence electrons. The Morgan fingerprint density at radius 3 is 2.80 bits per heavy atom. The SMILES string of the molecule is COc1ccc(C(=O)N2CCCCC2C(C)O)c(C)c1. The minimum atomic E-state index is -0.488. The van der Waals surface area contributed by atoms with E-state index in [2.05, 4.69) is 0 Å². The van der Waals surface area contributed by atoms with Gasteiger partial charge in [0.25, 0.3) is 5.91 Å². The maximum atomic E-state index is 12.7. The second kappa shape index (κ2) is 6.27. The van der Waals surface area contributed by atoms with Crippen LogP contribution in [0.2, 0.25) is 0 Å². The Morgan fingerprint density at radius 2 is 2.20 bits per heavy atom. The number of hydrogen-bond donors (Lipinski definition) is 1. The Kier molecular flexibility index (Phi) is 4.65. The van der Waals surface area contributed by atoms with Gasteiger partial charge in [-0.2, -0.15) is 0 Å². The number of likely N-dealkylation sites (tertiary alicyclic amines) is 1. The van der Waals surface area contributed by atoms with Crippen LogP contribution >= 0.6 is 0 Å². The van der Waals surface area contributed by atoms with Gasteiger partial charge in [-0.3, -0.25) is 4.79 Å². The number of rotatable bonds is 3. The molecule has 1 heterocycles. The Hall–Kier alpha value is -1.55. The van der Waals surface area contributed by atoms with E-state index in [0.29, 0.717) is 5.56 Å². The normalized spacial score (nSPS) is 20.6. The van der Waals surface area contributed by atoms with Crippen LogP contribution in [0.25, 0.3) is 0 Å². The first-order chi connectivity index (χ1) is 9.54. The van der Waals surface area contributed by atoms with E-state index in [1.165, 1.54) is 0 Å². The number of nitrogens with zero attached hydrogens (tertiary/aromatic N) is 1. The standard InChI is InChI=1S/C16H23NO3/c1-11-10-13(20-3)7-8-14(11)16(19)17-9-5-4-6-15(17)12(2)18/h7-8,10,12,15,18H,4-6,9H2,1-3H3. The van der Waals surface area contributed by atoms with Crippen LogP contribution in [0.3, 0.4) is 0 Å². The summed E-state index contributed by atoms with van der Waals surface area (Å²) >= 11 is 0. The van der Waals surface area contributed by atoms with Crippen LogP contribution in [-0.4, -0.2) is 41.7 Å². The summed E-state index contributed by atoms with van der Waals surface area (Å²) in [6.45, 7) is 4.40. The van der Waals surface area contributed by atoms with Gasteiger partial charge in [-0.25, -0.2) is 0 Å². The molecule has 1 fully saturated rings. The second-order valence-corrected chi connectivity index (χ2v) is 5.48. The average molecular weight is 277 g/mol. The van der Waals surface area contributed by atoms with Crippen LogP contribution in [-0.2, 0) is 0 Å². The lowest BCUT2D eigenvalue weighted by molar-refractivity contribution is 0.0280. The molecule has 2 rings (SSSR count). The minimum absolute atomic E-state index is 0.00996. The van der Waals surface area contributed by atoms with Gasteiger partial charge in [0.1, 0.15) is 5.75 Å². The monoisotopic (exact) mass is 277 g/mol. The van der Waals surface area contributed by atoms with Crippen molar-refractivity contribution in [2.75, 3.05) is 13.7 Å². The topological polar surface area (TPSA) is 49.8 Å². The Balaban J connectivity index is 2.25. The molecule has 0 saturated carbocycles. The fourth-order valence-corrected chi connectivity index (χ4v) is 2.87. The predicted molar refractivity (Wildman–Crippen MR) is 78.1 cm³/mol. The number of ether oxygens (including phenoxy) is 1. The van der Waals surface area contributed by atoms with E-state index in [9.17, 15) is 9.90 Å². The van der Waals surface area contributed by atoms with Gasteiger partial charge < -0.3 is 14.7 Å². The summed E-state index contributed by atoms with van der Waals surface area (Å²) in [6.07, 6.45) is 2.46. The Bertz CT molecular complexity index is 485. The summed E-state index contributed by atoms with van der Waals surface area (Å²) in [5, 5.41) is 9.88. The van der Waals surface area contributed by atoms with Crippen LogP contribution in [0.4, 0.5) is 0 Å². The van der Waals surface area contributed by atoms with Gasteiger partial charge in [0, 0.05) is 12.1 Å². The second-order valence-electron chi connectivity index (χ2n) is 5.48. The molecule has 4 heteroatoms. The molecule has 0 radical (unpaired) electrons. The first-order valence-corrected chi connectivity index (χ1v) is 7.18. The summed E-state index contributed by atoms with van der Waals surface area (Å²) in [4.78, 5) is 14.5. The molecule has 1 amide bonds. The molecule has 0 bridgehead atoms. The molecule has 1 aliphatic heterocycles. The molecule has 1 saturated heterocycles. The number of aliphatic hydroxyl groups is 1. The number of methoxy groups -OCH3 is 1. The van der Waals surface area contributed by atoms with Gasteiger partial charge in [0.15, 0.2) is 0 Å². The van der Waals surface area contributed by atoms with Crippen LogP contribution in [0.15, 0.2) is 18.2 Å². The molecule has 0 aromatic heterocycles. The van der Waals surface area contributed by atoms with Gasteiger partial charge in [0.2, 0.25) is 0 Å². The fourth-order valence-electron chi connectivity index (χ4n) is 2.87. The van der Waals surface area contributed by atoms with E-state index in [1.807, 2.05) is 30.0 Å². The number of carbonyl (C=O) groups excluding carboxylic acids is 1. The minimum Gasteiger partial charge on any atom is -0.497 e. The van der Waals surface area contributed by atoms with Crippen molar-refractivity contribution in [2.45, 2.75) is 45.3 Å². The first-order valence-electron chi connectivity index (χ1n) is 7.18. The van der Waals surface area contributed by atoms with Crippen LogP contribution < -0.4 is 4.74 Å². The number of aliphatic hydroxyl groups excluding tert-OH is 1. The van der Waals surface area contributed by atoms with Gasteiger partial charge in [-0.1, -0.05) is 0 Å². The van der Waals surface area contributed by atoms with Crippen LogP contribution in [0, 0.1) is 6.92 Å². The molecule has 2 atom stereocenters. The van der Waals surface area contributed by atoms with Crippen molar-refractivity contribution in [1.82, 2.24) is 4.90 Å². The highest BCUT2D eigenvalue weighted by Gasteiger charge is 2.31. The zero-order valence-corrected chi connectivity index (χ0v) is 12.4.